The molecule has 0 aliphatic carbocycles. The first-order valence-electron chi connectivity index (χ1n) is 8.62. The Labute approximate surface area is 156 Å². The smallest absolute Gasteiger partial charge is 0.225 e. The maximum Gasteiger partial charge on any atom is 0.225 e. The van der Waals surface area contributed by atoms with Crippen molar-refractivity contribution < 1.29 is 4.74 Å². The minimum Gasteiger partial charge on any atom is -0.494 e. The van der Waals surface area contributed by atoms with Crippen LogP contribution in [0, 0.1) is 6.92 Å². The number of aromatic nitrogens is 2. The third-order valence-electron chi connectivity index (χ3n) is 4.54. The summed E-state index contributed by atoms with van der Waals surface area (Å²) in [7, 11) is 0. The topological polar surface area (TPSA) is 38.3 Å². The Morgan fingerprint density at radius 1 is 1.16 bits per heavy atom. The highest BCUT2D eigenvalue weighted by Crippen LogP contribution is 2.43. The summed E-state index contributed by atoms with van der Waals surface area (Å²) < 4.78 is 5.57. The second kappa shape index (κ2) is 6.81. The molecule has 2 aromatic heterocycles. The van der Waals surface area contributed by atoms with Gasteiger partial charge in [-0.25, -0.2) is 4.98 Å². The number of hydrogen-bond donors (Lipinski definition) is 0. The molecule has 4 nitrogen and oxygen atoms in total. The summed E-state index contributed by atoms with van der Waals surface area (Å²) in [5.41, 5.74) is 2.38. The van der Waals surface area contributed by atoms with E-state index < -0.39 is 0 Å². The molecule has 1 fully saturated rings. The van der Waals surface area contributed by atoms with Gasteiger partial charge in [-0.15, -0.1) is 11.3 Å². The summed E-state index contributed by atoms with van der Waals surface area (Å²) >= 11 is 7.89. The van der Waals surface area contributed by atoms with Crippen LogP contribution in [0.4, 0.5) is 5.82 Å². The zero-order valence-electron chi connectivity index (χ0n) is 14.4. The molecule has 3 aromatic rings. The van der Waals surface area contributed by atoms with Crippen LogP contribution in [0.1, 0.15) is 24.6 Å². The zero-order chi connectivity index (χ0) is 17.4. The molecular formula is C19H20ClN3OS. The van der Waals surface area contributed by atoms with E-state index in [-0.39, 0.29) is 0 Å². The fourth-order valence-electron chi connectivity index (χ4n) is 3.46. The summed E-state index contributed by atoms with van der Waals surface area (Å²) in [4.78, 5) is 13.6. The average Bonchev–Trinajstić information content (AvgIpc) is 3.22. The van der Waals surface area contributed by atoms with E-state index in [4.69, 9.17) is 16.3 Å². The zero-order valence-corrected chi connectivity index (χ0v) is 16.0. The van der Waals surface area contributed by atoms with Gasteiger partial charge in [0.2, 0.25) is 5.28 Å². The normalized spacial score (nSPS) is 14.4. The van der Waals surface area contributed by atoms with Crippen LogP contribution in [0.15, 0.2) is 24.3 Å². The minimum atomic E-state index is 0.328. The number of fused-ring (bicyclic) bond motifs is 1. The Morgan fingerprint density at radius 2 is 1.88 bits per heavy atom. The molecule has 0 bridgehead atoms. The molecule has 25 heavy (non-hydrogen) atoms. The number of halogens is 1. The lowest BCUT2D eigenvalue weighted by molar-refractivity contribution is 0.340. The SMILES string of the molecule is CCOc1ccc(-c2c(C)sc3nc(Cl)nc(N4CCCC4)c23)cc1. The molecule has 1 aliphatic heterocycles. The Balaban J connectivity index is 1.89. The average molecular weight is 374 g/mol. The second-order valence-electron chi connectivity index (χ2n) is 6.18. The van der Waals surface area contributed by atoms with E-state index in [9.17, 15) is 0 Å². The van der Waals surface area contributed by atoms with Crippen LogP contribution >= 0.6 is 22.9 Å². The molecule has 0 amide bonds. The molecule has 4 rings (SSSR count). The van der Waals surface area contributed by atoms with Crippen LogP contribution < -0.4 is 9.64 Å². The minimum absolute atomic E-state index is 0.328. The summed E-state index contributed by atoms with van der Waals surface area (Å²) in [6.07, 6.45) is 2.40. The van der Waals surface area contributed by atoms with Crippen molar-refractivity contribution in [3.63, 3.8) is 0 Å². The third kappa shape index (κ3) is 3.07. The molecule has 0 atom stereocenters. The molecule has 0 saturated carbocycles. The van der Waals surface area contributed by atoms with Crippen molar-refractivity contribution in [1.82, 2.24) is 9.97 Å². The van der Waals surface area contributed by atoms with Gasteiger partial charge in [-0.05, 0) is 56.0 Å². The number of ether oxygens (including phenoxy) is 1. The summed E-state index contributed by atoms with van der Waals surface area (Å²) in [6.45, 7) is 6.86. The largest absolute Gasteiger partial charge is 0.494 e. The highest BCUT2D eigenvalue weighted by Gasteiger charge is 2.23. The maximum atomic E-state index is 6.21. The standard InChI is InChI=1S/C19H20ClN3OS/c1-3-24-14-8-6-13(7-9-14)15-12(2)25-18-16(15)17(21-19(20)22-18)23-10-4-5-11-23/h6-9H,3-5,10-11H2,1-2H3. The molecule has 1 aliphatic rings. The first-order chi connectivity index (χ1) is 12.2. The van der Waals surface area contributed by atoms with Crippen LogP contribution in [0.3, 0.4) is 0 Å². The molecular weight excluding hydrogens is 354 g/mol. The van der Waals surface area contributed by atoms with Gasteiger partial charge in [0.15, 0.2) is 0 Å². The van der Waals surface area contributed by atoms with E-state index in [1.54, 1.807) is 11.3 Å². The Morgan fingerprint density at radius 3 is 2.56 bits per heavy atom. The fourth-order valence-corrected chi connectivity index (χ4v) is 4.71. The molecule has 130 valence electrons. The van der Waals surface area contributed by atoms with Crippen molar-refractivity contribution in [2.24, 2.45) is 0 Å². The first-order valence-corrected chi connectivity index (χ1v) is 9.81. The van der Waals surface area contributed by atoms with Crippen molar-refractivity contribution >= 4 is 39.0 Å². The highest BCUT2D eigenvalue weighted by molar-refractivity contribution is 7.19. The number of hydrogen-bond acceptors (Lipinski definition) is 5. The van der Waals surface area contributed by atoms with Gasteiger partial charge in [-0.2, -0.15) is 4.98 Å². The number of aryl methyl sites for hydroxylation is 1. The fraction of sp³-hybridized carbons (Fsp3) is 0.368. The predicted octanol–water partition coefficient (Wildman–Crippen LogP) is 5.32. The Bertz CT molecular complexity index is 901. The van der Waals surface area contributed by atoms with Crippen molar-refractivity contribution in [3.8, 4) is 16.9 Å². The van der Waals surface area contributed by atoms with Crippen LogP contribution in [-0.2, 0) is 0 Å². The van der Waals surface area contributed by atoms with E-state index in [2.05, 4.69) is 33.9 Å². The quantitative estimate of drug-likeness (QED) is 0.580. The van der Waals surface area contributed by atoms with Gasteiger partial charge >= 0.3 is 0 Å². The molecule has 1 saturated heterocycles. The highest BCUT2D eigenvalue weighted by atomic mass is 35.5. The van der Waals surface area contributed by atoms with Gasteiger partial charge in [0, 0.05) is 23.5 Å². The molecule has 0 radical (unpaired) electrons. The van der Waals surface area contributed by atoms with E-state index in [1.807, 2.05) is 19.1 Å². The Kier molecular flexibility index (Phi) is 4.52. The number of anilines is 1. The molecule has 1 aromatic carbocycles. The van der Waals surface area contributed by atoms with Crippen molar-refractivity contribution in [2.45, 2.75) is 26.7 Å². The van der Waals surface area contributed by atoms with Gasteiger partial charge in [-0.3, -0.25) is 0 Å². The molecule has 6 heteroatoms. The monoisotopic (exact) mass is 373 g/mol. The van der Waals surface area contributed by atoms with Crippen molar-refractivity contribution in [3.05, 3.63) is 34.4 Å². The number of benzene rings is 1. The molecule has 0 N–H and O–H groups in total. The first kappa shape index (κ1) is 16.6. The van der Waals surface area contributed by atoms with Crippen molar-refractivity contribution in [2.75, 3.05) is 24.6 Å². The van der Waals surface area contributed by atoms with E-state index in [1.165, 1.54) is 28.8 Å². The van der Waals surface area contributed by atoms with Crippen LogP contribution in [0.2, 0.25) is 5.28 Å². The lowest BCUT2D eigenvalue weighted by Crippen LogP contribution is -2.19. The number of thiophene rings is 1. The van der Waals surface area contributed by atoms with Crippen LogP contribution in [0.5, 0.6) is 5.75 Å². The van der Waals surface area contributed by atoms with E-state index in [0.29, 0.717) is 11.9 Å². The molecule has 0 unspecified atom stereocenters. The summed E-state index contributed by atoms with van der Waals surface area (Å²) in [5, 5.41) is 1.45. The van der Waals surface area contributed by atoms with Gasteiger partial charge in [-0.1, -0.05) is 12.1 Å². The Hall–Kier alpha value is -1.85. The number of nitrogens with zero attached hydrogens (tertiary/aromatic N) is 3. The van der Waals surface area contributed by atoms with Crippen molar-refractivity contribution in [1.29, 1.82) is 0 Å². The van der Waals surface area contributed by atoms with E-state index in [0.717, 1.165) is 34.9 Å². The van der Waals surface area contributed by atoms with Gasteiger partial charge in [0.25, 0.3) is 0 Å². The predicted molar refractivity (Wildman–Crippen MR) is 105 cm³/mol. The second-order valence-corrected chi connectivity index (χ2v) is 7.72. The summed E-state index contributed by atoms with van der Waals surface area (Å²) in [6, 6.07) is 8.27. The lowest BCUT2D eigenvalue weighted by atomic mass is 10.0. The molecule has 3 heterocycles. The van der Waals surface area contributed by atoms with Gasteiger partial charge in [0.05, 0.1) is 12.0 Å². The van der Waals surface area contributed by atoms with Gasteiger partial charge < -0.3 is 9.64 Å². The maximum absolute atomic E-state index is 6.21. The third-order valence-corrected chi connectivity index (χ3v) is 5.71. The van der Waals surface area contributed by atoms with E-state index >= 15 is 0 Å². The molecule has 0 spiro atoms. The number of rotatable bonds is 4. The van der Waals surface area contributed by atoms with Crippen LogP contribution in [-0.4, -0.2) is 29.7 Å². The summed E-state index contributed by atoms with van der Waals surface area (Å²) in [5.74, 6) is 1.86. The van der Waals surface area contributed by atoms with Crippen LogP contribution in [0.25, 0.3) is 21.3 Å². The lowest BCUT2D eigenvalue weighted by Gasteiger charge is -2.18. The van der Waals surface area contributed by atoms with Gasteiger partial charge in [0.1, 0.15) is 16.4 Å².